The number of cyclic esters (lactones) is 1. The van der Waals surface area contributed by atoms with Crippen LogP contribution in [0, 0.1) is 18.8 Å². The van der Waals surface area contributed by atoms with Gasteiger partial charge < -0.3 is 29.7 Å². The van der Waals surface area contributed by atoms with E-state index in [2.05, 4.69) is 5.32 Å². The average molecular weight is 600 g/mol. The Morgan fingerprint density at radius 3 is 2.69 bits per heavy atom. The number of carbonyl (C=O) groups is 4. The van der Waals surface area contributed by atoms with E-state index in [1.54, 1.807) is 41.0 Å². The number of unbranched alkanes of at least 4 members (excludes halogenated alkanes) is 2. The van der Waals surface area contributed by atoms with Crippen molar-refractivity contribution in [3.8, 4) is 0 Å². The summed E-state index contributed by atoms with van der Waals surface area (Å²) in [5, 5.41) is 12.5. The van der Waals surface area contributed by atoms with Crippen molar-refractivity contribution in [2.45, 2.75) is 69.8 Å². The van der Waals surface area contributed by atoms with Gasteiger partial charge >= 0.3 is 5.97 Å². The Labute approximate surface area is 250 Å². The van der Waals surface area contributed by atoms with Crippen molar-refractivity contribution in [1.29, 1.82) is 0 Å². The number of anilines is 1. The summed E-state index contributed by atoms with van der Waals surface area (Å²) < 4.78 is 12.4. The molecule has 4 aliphatic heterocycles. The Kier molecular flexibility index (Phi) is 9.05. The summed E-state index contributed by atoms with van der Waals surface area (Å²) in [5.74, 6) is -3.41. The molecule has 0 unspecified atom stereocenters. The highest BCUT2D eigenvalue weighted by molar-refractivity contribution is 6.34. The molecule has 2 N–H and O–H groups in total. The number of rotatable bonds is 6. The van der Waals surface area contributed by atoms with Crippen molar-refractivity contribution in [1.82, 2.24) is 10.2 Å². The highest BCUT2D eigenvalue weighted by Gasteiger charge is 2.71. The number of nitrogens with zero attached hydrogens (tertiary/aromatic N) is 2. The van der Waals surface area contributed by atoms with Crippen LogP contribution in [0.1, 0.15) is 44.6 Å². The lowest BCUT2D eigenvalue weighted by Crippen LogP contribution is -2.55. The maximum atomic E-state index is 14.6. The van der Waals surface area contributed by atoms with Gasteiger partial charge in [0.1, 0.15) is 23.7 Å². The van der Waals surface area contributed by atoms with E-state index < -0.39 is 41.7 Å². The van der Waals surface area contributed by atoms with Crippen molar-refractivity contribution in [2.75, 3.05) is 31.1 Å². The molecule has 1 spiro atoms. The van der Waals surface area contributed by atoms with E-state index in [-0.39, 0.29) is 50.4 Å². The number of ether oxygens (including phenoxy) is 2. The van der Waals surface area contributed by atoms with Gasteiger partial charge in [0.25, 0.3) is 5.91 Å². The number of amides is 3. The number of aliphatic hydroxyl groups excluding tert-OH is 1. The van der Waals surface area contributed by atoms with Crippen molar-refractivity contribution in [3.05, 3.63) is 53.1 Å². The molecule has 11 heteroatoms. The van der Waals surface area contributed by atoms with E-state index in [1.807, 2.05) is 25.1 Å². The van der Waals surface area contributed by atoms with Gasteiger partial charge in [-0.3, -0.25) is 19.2 Å². The Morgan fingerprint density at radius 2 is 1.93 bits per heavy atom. The number of nitrogens with one attached hydrogen (secondary N) is 1. The van der Waals surface area contributed by atoms with Crippen LogP contribution >= 0.6 is 11.6 Å². The Hall–Kier alpha value is -3.21. The Balaban J connectivity index is 1.58. The molecule has 2 fully saturated rings. The van der Waals surface area contributed by atoms with Gasteiger partial charge in [-0.15, -0.1) is 0 Å². The molecule has 226 valence electrons. The Bertz CT molecular complexity index is 1280. The van der Waals surface area contributed by atoms with E-state index in [4.69, 9.17) is 21.1 Å². The molecule has 0 radical (unpaired) electrons. The number of fused-ring (bicyclic) bond motifs is 2. The summed E-state index contributed by atoms with van der Waals surface area (Å²) in [5.41, 5.74) is -0.0322. The first-order valence-corrected chi connectivity index (χ1v) is 15.0. The first-order valence-electron chi connectivity index (χ1n) is 14.7. The number of para-hydroxylation sites is 1. The second kappa shape index (κ2) is 12.6. The van der Waals surface area contributed by atoms with Crippen LogP contribution in [-0.4, -0.2) is 83.8 Å². The molecule has 0 aliphatic carbocycles. The van der Waals surface area contributed by atoms with E-state index in [0.29, 0.717) is 36.4 Å². The van der Waals surface area contributed by atoms with Crippen molar-refractivity contribution < 1.29 is 33.8 Å². The topological polar surface area (TPSA) is 125 Å². The van der Waals surface area contributed by atoms with Crippen LogP contribution in [0.2, 0.25) is 5.02 Å². The second-order valence-electron chi connectivity index (χ2n) is 11.4. The lowest BCUT2D eigenvalue weighted by atomic mass is 9.78. The monoisotopic (exact) mass is 599 g/mol. The second-order valence-corrected chi connectivity index (χ2v) is 11.8. The number of benzene rings is 1. The summed E-state index contributed by atoms with van der Waals surface area (Å²) >= 11 is 6.60. The first-order chi connectivity index (χ1) is 20.2. The fraction of sp³-hybridized carbons (Fsp3) is 0.548. The van der Waals surface area contributed by atoms with E-state index in [0.717, 1.165) is 5.56 Å². The molecule has 4 heterocycles. The molecule has 5 rings (SSSR count). The number of aliphatic hydroxyl groups is 1. The summed E-state index contributed by atoms with van der Waals surface area (Å²) in [6.45, 7) is 4.23. The maximum Gasteiger partial charge on any atom is 0.313 e. The highest BCUT2D eigenvalue weighted by atomic mass is 35.5. The van der Waals surface area contributed by atoms with Gasteiger partial charge in [0, 0.05) is 26.1 Å². The summed E-state index contributed by atoms with van der Waals surface area (Å²) in [6.07, 6.45) is 8.15. The number of hydrogen-bond donors (Lipinski definition) is 2. The fourth-order valence-electron chi connectivity index (χ4n) is 6.64. The standard InChI is InChI=1S/C31H38ClN3O7/c1-19-10-8-11-21(32)26(19)34-16-9-14-31-25(28(38)35(27(31)29(34)39)15-6-3-7-17-36)24-22(42-31)12-4-5-13-23(37)33-18-20(2)41-30(24)40/h4,8-12,14,20,22,24-25,27,36H,3,5-7,13,15-18H2,1-2H3,(H,33,37)/b12-4-/t20-,22-,24+,25+,27-,31+/m0/s1. The lowest BCUT2D eigenvalue weighted by molar-refractivity contribution is -0.158. The van der Waals surface area contributed by atoms with Gasteiger partial charge in [-0.2, -0.15) is 0 Å². The van der Waals surface area contributed by atoms with Crippen LogP contribution in [0.4, 0.5) is 5.69 Å². The molecular formula is C31H38ClN3O7. The minimum Gasteiger partial charge on any atom is -0.460 e. The minimum absolute atomic E-state index is 0.0366. The number of allylic oxidation sites excluding steroid dienone is 1. The zero-order valence-electron chi connectivity index (χ0n) is 24.0. The molecule has 0 aromatic heterocycles. The van der Waals surface area contributed by atoms with Crippen LogP contribution in [-0.2, 0) is 28.7 Å². The van der Waals surface area contributed by atoms with E-state index in [9.17, 15) is 24.3 Å². The van der Waals surface area contributed by atoms with Gasteiger partial charge in [-0.1, -0.05) is 48.0 Å². The van der Waals surface area contributed by atoms with Crippen LogP contribution < -0.4 is 10.2 Å². The van der Waals surface area contributed by atoms with Gasteiger partial charge in [-0.25, -0.2) is 0 Å². The molecule has 1 aromatic carbocycles. The maximum absolute atomic E-state index is 14.6. The summed E-state index contributed by atoms with van der Waals surface area (Å²) in [7, 11) is 0. The predicted molar refractivity (Wildman–Crippen MR) is 156 cm³/mol. The molecule has 6 atom stereocenters. The highest BCUT2D eigenvalue weighted by Crippen LogP contribution is 2.53. The average Bonchev–Trinajstić information content (AvgIpc) is 3.33. The fourth-order valence-corrected chi connectivity index (χ4v) is 6.96. The third-order valence-corrected chi connectivity index (χ3v) is 8.85. The molecular weight excluding hydrogens is 562 g/mol. The largest absolute Gasteiger partial charge is 0.460 e. The van der Waals surface area contributed by atoms with Gasteiger partial charge in [0.2, 0.25) is 11.8 Å². The predicted octanol–water partition coefficient (Wildman–Crippen LogP) is 2.69. The van der Waals surface area contributed by atoms with Gasteiger partial charge in [0.05, 0.1) is 29.3 Å². The molecule has 1 aromatic rings. The van der Waals surface area contributed by atoms with Crippen LogP contribution in [0.5, 0.6) is 0 Å². The third-order valence-electron chi connectivity index (χ3n) is 8.55. The zero-order chi connectivity index (χ0) is 30.0. The first kappa shape index (κ1) is 30.3. The van der Waals surface area contributed by atoms with Crippen LogP contribution in [0.15, 0.2) is 42.5 Å². The van der Waals surface area contributed by atoms with Crippen molar-refractivity contribution >= 4 is 41.0 Å². The summed E-state index contributed by atoms with van der Waals surface area (Å²) in [6, 6.07) is 4.38. The molecule has 2 saturated heterocycles. The Morgan fingerprint density at radius 1 is 1.12 bits per heavy atom. The summed E-state index contributed by atoms with van der Waals surface area (Å²) in [4.78, 5) is 57.9. The number of hydrogen-bond acceptors (Lipinski definition) is 7. The van der Waals surface area contributed by atoms with Crippen LogP contribution in [0.25, 0.3) is 0 Å². The van der Waals surface area contributed by atoms with E-state index in [1.165, 1.54) is 0 Å². The van der Waals surface area contributed by atoms with Gasteiger partial charge in [0.15, 0.2) is 0 Å². The quantitative estimate of drug-likeness (QED) is 0.293. The van der Waals surface area contributed by atoms with Crippen molar-refractivity contribution in [3.63, 3.8) is 0 Å². The van der Waals surface area contributed by atoms with Gasteiger partial charge in [-0.05, 0) is 51.2 Å². The lowest BCUT2D eigenvalue weighted by Gasteiger charge is -2.36. The number of carbonyl (C=O) groups excluding carboxylic acids is 4. The molecule has 0 saturated carbocycles. The smallest absolute Gasteiger partial charge is 0.313 e. The number of esters is 1. The molecule has 0 bridgehead atoms. The van der Waals surface area contributed by atoms with Crippen molar-refractivity contribution in [2.24, 2.45) is 11.8 Å². The molecule has 3 amide bonds. The number of likely N-dealkylation sites (tertiary alicyclic amines) is 1. The number of aryl methyl sites for hydroxylation is 1. The zero-order valence-corrected chi connectivity index (χ0v) is 24.7. The van der Waals surface area contributed by atoms with Crippen LogP contribution in [0.3, 0.4) is 0 Å². The molecule has 4 aliphatic rings. The molecule has 42 heavy (non-hydrogen) atoms. The number of halogens is 1. The SMILES string of the molecule is Cc1cccc(Cl)c1N1CC=C[C@@]23O[C@H]4/C=C\CCC(=O)NC[C@H](C)OC(=O)[C@H]4[C@@H]2C(=O)N(CCCCCO)[C@H]3C1=O. The minimum atomic E-state index is -1.41. The van der Waals surface area contributed by atoms with E-state index >= 15 is 0 Å². The molecule has 10 nitrogen and oxygen atoms in total. The third kappa shape index (κ3) is 5.47. The normalized spacial score (nSPS) is 32.2.